The summed E-state index contributed by atoms with van der Waals surface area (Å²) in [5.41, 5.74) is 7.63. The van der Waals surface area contributed by atoms with Crippen LogP contribution in [0.15, 0.2) is 54.6 Å². The Morgan fingerprint density at radius 3 is 2.67 bits per heavy atom. The van der Waals surface area contributed by atoms with E-state index in [1.54, 1.807) is 0 Å². The number of carbonyl (C=O) groups excluding carboxylic acids is 1. The van der Waals surface area contributed by atoms with Crippen molar-refractivity contribution in [3.8, 4) is 22.6 Å². The van der Waals surface area contributed by atoms with Gasteiger partial charge in [0.2, 0.25) is 0 Å². The number of hydrogen-bond donors (Lipinski definition) is 1. The molecule has 0 unspecified atom stereocenters. The highest BCUT2D eigenvalue weighted by Gasteiger charge is 2.45. The van der Waals surface area contributed by atoms with E-state index in [2.05, 4.69) is 54.7 Å². The van der Waals surface area contributed by atoms with Crippen LogP contribution in [0.4, 0.5) is 5.69 Å². The summed E-state index contributed by atoms with van der Waals surface area (Å²) in [5, 5.41) is 3.50. The number of esters is 1. The minimum absolute atomic E-state index is 0.00870. The van der Waals surface area contributed by atoms with Crippen molar-refractivity contribution in [2.24, 2.45) is 5.92 Å². The highest BCUT2D eigenvalue weighted by atomic mass is 32.2. The van der Waals surface area contributed by atoms with Crippen LogP contribution in [0.25, 0.3) is 11.1 Å². The van der Waals surface area contributed by atoms with Crippen LogP contribution >= 0.6 is 0 Å². The van der Waals surface area contributed by atoms with Gasteiger partial charge in [-0.1, -0.05) is 30.3 Å². The summed E-state index contributed by atoms with van der Waals surface area (Å²) in [7, 11) is -2.99. The van der Waals surface area contributed by atoms with Crippen LogP contribution in [0.3, 0.4) is 0 Å². The van der Waals surface area contributed by atoms with Crippen molar-refractivity contribution in [1.82, 2.24) is 0 Å². The molecule has 1 saturated carbocycles. The fourth-order valence-electron chi connectivity index (χ4n) is 5.28. The van der Waals surface area contributed by atoms with E-state index in [-0.39, 0.29) is 23.6 Å². The summed E-state index contributed by atoms with van der Waals surface area (Å²) >= 11 is 0. The Kier molecular flexibility index (Phi) is 7.84. The molecule has 2 atom stereocenters. The van der Waals surface area contributed by atoms with E-state index in [1.165, 1.54) is 11.8 Å². The number of nitrogens with one attached hydrogen (secondary N) is 1. The number of fused-ring (bicyclic) bond motifs is 3. The number of aryl methyl sites for hydroxylation is 1. The molecule has 0 bridgehead atoms. The average Bonchev–Trinajstić information content (AvgIpc) is 3.71. The predicted octanol–water partition coefficient (Wildman–Crippen LogP) is 5.65. The molecule has 1 aliphatic heterocycles. The van der Waals surface area contributed by atoms with Gasteiger partial charge in [-0.05, 0) is 73.6 Å². The van der Waals surface area contributed by atoms with E-state index in [9.17, 15) is 13.2 Å². The van der Waals surface area contributed by atoms with Crippen LogP contribution in [0, 0.1) is 12.8 Å². The lowest BCUT2D eigenvalue weighted by Gasteiger charge is -2.25. The van der Waals surface area contributed by atoms with Gasteiger partial charge < -0.3 is 19.5 Å². The standard InChI is InChI=1S/C31H35NO6S/c1-4-36-31(33)28-17-27(28)21-9-11-24(12-10-21)32-18-22-7-5-8-26-29-20(2)15-25(16-23(29)19-38-30(22)26)37-13-6-14-39(3,34)35/h5,7-12,15-16,27-28,32H,4,6,13-14,17-19H2,1-3H3/t27-,28+/m1/s1. The molecule has 0 saturated heterocycles. The smallest absolute Gasteiger partial charge is 0.309 e. The number of anilines is 1. The largest absolute Gasteiger partial charge is 0.494 e. The maximum absolute atomic E-state index is 12.0. The molecule has 0 radical (unpaired) electrons. The normalized spacial score (nSPS) is 17.4. The molecule has 0 spiro atoms. The first-order valence-corrected chi connectivity index (χ1v) is 15.5. The molecule has 1 aliphatic carbocycles. The highest BCUT2D eigenvalue weighted by molar-refractivity contribution is 7.90. The third-order valence-corrected chi connectivity index (χ3v) is 8.29. The van der Waals surface area contributed by atoms with Crippen LogP contribution in [0.5, 0.6) is 11.5 Å². The first kappa shape index (κ1) is 27.1. The van der Waals surface area contributed by atoms with Crippen LogP contribution in [-0.2, 0) is 32.5 Å². The zero-order valence-electron chi connectivity index (χ0n) is 22.7. The van der Waals surface area contributed by atoms with E-state index in [0.717, 1.165) is 51.4 Å². The third kappa shape index (κ3) is 6.38. The maximum Gasteiger partial charge on any atom is 0.309 e. The number of benzene rings is 3. The molecule has 1 heterocycles. The Hall–Kier alpha value is -3.52. The summed E-state index contributed by atoms with van der Waals surface area (Å²) in [4.78, 5) is 12.0. The fourth-order valence-corrected chi connectivity index (χ4v) is 5.92. The Morgan fingerprint density at radius 1 is 1.13 bits per heavy atom. The van der Waals surface area contributed by atoms with Gasteiger partial charge in [0.05, 0.1) is 24.9 Å². The molecular weight excluding hydrogens is 514 g/mol. The highest BCUT2D eigenvalue weighted by Crippen LogP contribution is 2.48. The van der Waals surface area contributed by atoms with E-state index in [4.69, 9.17) is 14.2 Å². The van der Waals surface area contributed by atoms with E-state index >= 15 is 0 Å². The lowest BCUT2D eigenvalue weighted by atomic mass is 9.91. The first-order valence-electron chi connectivity index (χ1n) is 13.4. The number of sulfone groups is 1. The minimum atomic E-state index is -2.99. The first-order chi connectivity index (χ1) is 18.7. The van der Waals surface area contributed by atoms with Crippen molar-refractivity contribution in [1.29, 1.82) is 0 Å². The molecule has 0 aromatic heterocycles. The molecule has 3 aromatic carbocycles. The summed E-state index contributed by atoms with van der Waals surface area (Å²) in [6.07, 6.45) is 2.56. The molecule has 3 aromatic rings. The van der Waals surface area contributed by atoms with Gasteiger partial charge in [-0.25, -0.2) is 8.42 Å². The predicted molar refractivity (Wildman–Crippen MR) is 152 cm³/mol. The molecule has 39 heavy (non-hydrogen) atoms. The average molecular weight is 550 g/mol. The van der Waals surface area contributed by atoms with E-state index in [1.807, 2.05) is 19.1 Å². The van der Waals surface area contributed by atoms with Crippen molar-refractivity contribution in [3.05, 3.63) is 76.9 Å². The SMILES string of the molecule is CCOC(=O)[C@H]1C[C@@H]1c1ccc(NCc2cccc3c2OCc2cc(OCCCS(C)(=O)=O)cc(C)c2-3)cc1. The van der Waals surface area contributed by atoms with Crippen molar-refractivity contribution in [2.45, 2.75) is 45.8 Å². The lowest BCUT2D eigenvalue weighted by molar-refractivity contribution is -0.144. The third-order valence-electron chi connectivity index (χ3n) is 7.26. The molecular formula is C31H35NO6S. The monoisotopic (exact) mass is 549 g/mol. The Balaban J connectivity index is 1.24. The van der Waals surface area contributed by atoms with Gasteiger partial charge in [-0.15, -0.1) is 0 Å². The molecule has 8 heteroatoms. The topological polar surface area (TPSA) is 90.9 Å². The molecule has 5 rings (SSSR count). The second-order valence-corrected chi connectivity index (χ2v) is 12.6. The van der Waals surface area contributed by atoms with Gasteiger partial charge in [0.1, 0.15) is 27.9 Å². The zero-order valence-corrected chi connectivity index (χ0v) is 23.5. The van der Waals surface area contributed by atoms with Crippen LogP contribution < -0.4 is 14.8 Å². The Labute approximate surface area is 230 Å². The number of ether oxygens (including phenoxy) is 3. The molecule has 0 amide bonds. The Morgan fingerprint density at radius 2 is 1.92 bits per heavy atom. The summed E-state index contributed by atoms with van der Waals surface area (Å²) in [6, 6.07) is 18.5. The zero-order chi connectivity index (χ0) is 27.6. The molecule has 206 valence electrons. The van der Waals surface area contributed by atoms with Gasteiger partial charge >= 0.3 is 5.97 Å². The van der Waals surface area contributed by atoms with Crippen molar-refractivity contribution in [3.63, 3.8) is 0 Å². The fraction of sp³-hybridized carbons (Fsp3) is 0.387. The van der Waals surface area contributed by atoms with Crippen LogP contribution in [-0.4, -0.2) is 39.6 Å². The lowest BCUT2D eigenvalue weighted by Crippen LogP contribution is -2.12. The van der Waals surface area contributed by atoms with Crippen molar-refractivity contribution < 1.29 is 27.4 Å². The summed E-state index contributed by atoms with van der Waals surface area (Å²) in [5.74, 6) is 1.89. The second-order valence-electron chi connectivity index (χ2n) is 10.4. The van der Waals surface area contributed by atoms with Crippen LogP contribution in [0.2, 0.25) is 0 Å². The van der Waals surface area contributed by atoms with Crippen molar-refractivity contribution >= 4 is 21.5 Å². The molecule has 2 aliphatic rings. The molecule has 7 nitrogen and oxygen atoms in total. The van der Waals surface area contributed by atoms with Gasteiger partial charge in [-0.3, -0.25) is 4.79 Å². The van der Waals surface area contributed by atoms with Gasteiger partial charge in [0.15, 0.2) is 0 Å². The van der Waals surface area contributed by atoms with Gasteiger partial charge in [-0.2, -0.15) is 0 Å². The quantitative estimate of drug-likeness (QED) is 0.244. The van der Waals surface area contributed by atoms with E-state index < -0.39 is 9.84 Å². The number of rotatable bonds is 11. The summed E-state index contributed by atoms with van der Waals surface area (Å²) < 4.78 is 40.0. The summed E-state index contributed by atoms with van der Waals surface area (Å²) in [6.45, 7) is 5.74. The van der Waals surface area contributed by atoms with Crippen LogP contribution in [0.1, 0.15) is 47.9 Å². The van der Waals surface area contributed by atoms with Gasteiger partial charge in [0, 0.05) is 35.2 Å². The van der Waals surface area contributed by atoms with Crippen molar-refractivity contribution in [2.75, 3.05) is 30.5 Å². The Bertz CT molecular complexity index is 1470. The number of carbonyl (C=O) groups is 1. The van der Waals surface area contributed by atoms with Gasteiger partial charge in [0.25, 0.3) is 0 Å². The number of hydrogen-bond acceptors (Lipinski definition) is 7. The minimum Gasteiger partial charge on any atom is -0.494 e. The maximum atomic E-state index is 12.0. The second kappa shape index (κ2) is 11.3. The van der Waals surface area contributed by atoms with E-state index in [0.29, 0.717) is 32.8 Å². The number of para-hydroxylation sites is 1. The molecule has 1 fully saturated rings. The molecule has 1 N–H and O–H groups in total.